The zero-order chi connectivity index (χ0) is 50.3. The summed E-state index contributed by atoms with van der Waals surface area (Å²) >= 11 is 10.7. The monoisotopic (exact) mass is 969 g/mol. The van der Waals surface area contributed by atoms with Gasteiger partial charge < -0.3 is 14.4 Å². The first kappa shape index (κ1) is 54.9. The van der Waals surface area contributed by atoms with E-state index < -0.39 is 9.58 Å². The number of amides is 1. The highest BCUT2D eigenvalue weighted by atomic mass is 35.5. The molecule has 0 spiro atoms. The van der Waals surface area contributed by atoms with Gasteiger partial charge in [-0.15, -0.1) is 0 Å². The molecule has 2 heterocycles. The van der Waals surface area contributed by atoms with Gasteiger partial charge in [-0.1, -0.05) is 77.4 Å². The van der Waals surface area contributed by atoms with Crippen LogP contribution in [0.15, 0.2) is 66.9 Å². The molecule has 364 valence electrons. The molecule has 0 bridgehead atoms. The van der Waals surface area contributed by atoms with Gasteiger partial charge in [0.1, 0.15) is 49.9 Å². The SMILES string of the molecule is CC(=O)c1ccc(C2CCN(C(=O)CCCOc3c(Cl)cc(C(C)(C)c4ccc(OCc5ccnc(N[N+](C)(O)S)n5)cc4)cc3C#N)CC2)cc1C(=O)C(C)C.CCC(=O)CCC(C)C(C)=O. The molecule has 14 nitrogen and oxygen atoms in total. The average molecular weight is 971 g/mol. The summed E-state index contributed by atoms with van der Waals surface area (Å²) in [6.45, 7) is 16.1. The molecule has 5 rings (SSSR count). The van der Waals surface area contributed by atoms with Crippen LogP contribution >= 0.6 is 24.4 Å². The number of ketones is 4. The van der Waals surface area contributed by atoms with Crippen molar-refractivity contribution in [3.8, 4) is 17.6 Å². The first-order valence-electron chi connectivity index (χ1n) is 23.1. The van der Waals surface area contributed by atoms with E-state index in [2.05, 4.69) is 34.3 Å². The standard InChI is InChI=1S/C43H50ClN6O6S.C9H16O2/c1-27(2)40(53)37-23-30(9-14-36(37)28(3)51)29-16-19-49(20-17-29)39(52)8-7-21-55-41-31(25-45)22-33(24-38(41)44)43(4,5)32-10-12-35(13-11-32)56-26-34-15-18-46-42(47-34)48-50(6,54)57;1-4-9(11)6-5-7(2)8(3)10/h9-15,18,22-24,27,29,54,57H,7-8,16-17,19-21,26H2,1-6H3,(H,46,47,48);7H,4-6H2,1-3H3/q+1;. The molecule has 2 atom stereocenters. The molecule has 68 heavy (non-hydrogen) atoms. The summed E-state index contributed by atoms with van der Waals surface area (Å²) < 4.78 is 11.1. The minimum atomic E-state index is -0.822. The van der Waals surface area contributed by atoms with Crippen LogP contribution in [0.2, 0.25) is 5.02 Å². The van der Waals surface area contributed by atoms with Crippen molar-refractivity contribution < 1.29 is 42.8 Å². The molecular weight excluding hydrogens is 904 g/mol. The van der Waals surface area contributed by atoms with Crippen LogP contribution in [0.3, 0.4) is 0 Å². The summed E-state index contributed by atoms with van der Waals surface area (Å²) in [5.74, 6) is 1.46. The molecule has 1 aliphatic rings. The van der Waals surface area contributed by atoms with E-state index in [9.17, 15) is 34.4 Å². The van der Waals surface area contributed by atoms with Crippen LogP contribution in [0.25, 0.3) is 0 Å². The Balaban J connectivity index is 0.000000812. The highest BCUT2D eigenvalue weighted by molar-refractivity contribution is 7.74. The Morgan fingerprint density at radius 1 is 0.971 bits per heavy atom. The van der Waals surface area contributed by atoms with Crippen molar-refractivity contribution in [2.24, 2.45) is 11.8 Å². The molecule has 0 aliphatic carbocycles. The smallest absolute Gasteiger partial charge is 0.273 e. The van der Waals surface area contributed by atoms with E-state index >= 15 is 0 Å². The van der Waals surface area contributed by atoms with E-state index in [1.807, 2.05) is 88.9 Å². The molecule has 1 aromatic heterocycles. The van der Waals surface area contributed by atoms with Crippen molar-refractivity contribution in [3.05, 3.63) is 111 Å². The Hall–Kier alpha value is -5.66. The third kappa shape index (κ3) is 16.0. The third-order valence-electron chi connectivity index (χ3n) is 12.1. The lowest BCUT2D eigenvalue weighted by atomic mass is 9.77. The van der Waals surface area contributed by atoms with Gasteiger partial charge in [0.15, 0.2) is 17.3 Å². The molecule has 2 N–H and O–H groups in total. The maximum Gasteiger partial charge on any atom is 0.273 e. The lowest BCUT2D eigenvalue weighted by Crippen LogP contribution is -2.38. The molecule has 0 radical (unpaired) electrons. The van der Waals surface area contributed by atoms with E-state index in [1.165, 1.54) is 14.0 Å². The number of nitriles is 1. The van der Waals surface area contributed by atoms with Crippen LogP contribution in [-0.4, -0.2) is 80.0 Å². The van der Waals surface area contributed by atoms with Gasteiger partial charge in [0.05, 0.1) is 22.9 Å². The van der Waals surface area contributed by atoms with Gasteiger partial charge in [-0.25, -0.2) is 9.97 Å². The second-order valence-corrected chi connectivity index (χ2v) is 19.4. The van der Waals surface area contributed by atoms with Crippen LogP contribution in [0, 0.1) is 23.2 Å². The third-order valence-corrected chi connectivity index (χ3v) is 12.5. The van der Waals surface area contributed by atoms with Crippen LogP contribution in [0.5, 0.6) is 11.5 Å². The number of thiol groups is 1. The number of carbonyl (C=O) groups excluding carboxylic acids is 5. The van der Waals surface area contributed by atoms with Gasteiger partial charge in [0.25, 0.3) is 5.95 Å². The maximum absolute atomic E-state index is 13.1. The lowest BCUT2D eigenvalue weighted by Gasteiger charge is -2.32. The number of rotatable bonds is 21. The predicted molar refractivity (Wildman–Crippen MR) is 265 cm³/mol. The van der Waals surface area contributed by atoms with Crippen LogP contribution in [0.4, 0.5) is 5.95 Å². The highest BCUT2D eigenvalue weighted by Crippen LogP contribution is 2.39. The number of nitrogens with zero attached hydrogens (tertiary/aromatic N) is 5. The quantitative estimate of drug-likeness (QED) is 0.0236. The molecule has 1 saturated heterocycles. The number of benzene rings is 3. The zero-order valence-corrected chi connectivity index (χ0v) is 42.4. The first-order chi connectivity index (χ1) is 32.0. The van der Waals surface area contributed by atoms with Gasteiger partial charge in [0.2, 0.25) is 5.91 Å². The molecule has 1 amide bonds. The number of hydrogen-bond acceptors (Lipinski definition) is 13. The van der Waals surface area contributed by atoms with E-state index in [0.29, 0.717) is 84.1 Å². The molecule has 2 unspecified atom stereocenters. The Kier molecular flexibility index (Phi) is 20.3. The summed E-state index contributed by atoms with van der Waals surface area (Å²) in [7, 11) is 1.41. The number of halogens is 1. The van der Waals surface area contributed by atoms with Crippen LogP contribution in [-0.2, 0) is 26.4 Å². The summed E-state index contributed by atoms with van der Waals surface area (Å²) in [6.07, 6.45) is 5.70. The fraction of sp³-hybridized carbons (Fsp3) is 0.462. The molecule has 1 fully saturated rings. The van der Waals surface area contributed by atoms with Gasteiger partial charge >= 0.3 is 0 Å². The van der Waals surface area contributed by atoms with E-state index in [1.54, 1.807) is 31.3 Å². The number of carbonyl (C=O) groups is 5. The second-order valence-electron chi connectivity index (χ2n) is 18.2. The van der Waals surface area contributed by atoms with Crippen molar-refractivity contribution in [1.29, 1.82) is 5.26 Å². The molecule has 0 saturated carbocycles. The molecule has 3 aromatic carbocycles. The predicted octanol–water partition coefficient (Wildman–Crippen LogP) is 10.5. The highest BCUT2D eigenvalue weighted by Gasteiger charge is 2.28. The number of quaternary nitrogens is 1. The van der Waals surface area contributed by atoms with E-state index in [4.69, 9.17) is 21.1 Å². The Morgan fingerprint density at radius 3 is 2.24 bits per heavy atom. The average Bonchev–Trinajstić information content (AvgIpc) is 3.30. The van der Waals surface area contributed by atoms with Gasteiger partial charge in [-0.2, -0.15) is 15.9 Å². The van der Waals surface area contributed by atoms with Crippen molar-refractivity contribution in [2.75, 3.05) is 32.2 Å². The van der Waals surface area contributed by atoms with Crippen LogP contribution < -0.4 is 14.9 Å². The number of piperidine rings is 1. The van der Waals surface area contributed by atoms with Crippen molar-refractivity contribution in [2.45, 2.75) is 118 Å². The minimum absolute atomic E-state index is 0.0408. The topological polar surface area (TPSA) is 189 Å². The van der Waals surface area contributed by atoms with Crippen molar-refractivity contribution in [1.82, 2.24) is 14.9 Å². The zero-order valence-electron chi connectivity index (χ0n) is 40.7. The Morgan fingerprint density at radius 2 is 1.65 bits per heavy atom. The number of likely N-dealkylation sites (tertiary alicyclic amines) is 1. The number of aromatic nitrogens is 2. The summed E-state index contributed by atoms with van der Waals surface area (Å²) in [5, 5.41) is 20.2. The normalized spacial score (nSPS) is 14.1. The lowest BCUT2D eigenvalue weighted by molar-refractivity contribution is -0.955. The molecular formula is C52H66ClN6O8S+. The number of hydrogen-bond donors (Lipinski definition) is 3. The number of nitrogens with one attached hydrogen (secondary N) is 1. The summed E-state index contributed by atoms with van der Waals surface area (Å²) in [5.41, 5.74) is 6.80. The number of Topliss-reactive ketones (excluding diaryl/α,β-unsaturated/α-hetero) is 4. The first-order valence-corrected chi connectivity index (χ1v) is 23.8. The largest absolute Gasteiger partial charge is 0.491 e. The summed E-state index contributed by atoms with van der Waals surface area (Å²) in [6, 6.07) is 20.8. The van der Waals surface area contributed by atoms with E-state index in [0.717, 1.165) is 29.5 Å². The molecule has 1 aliphatic heterocycles. The Labute approximate surface area is 411 Å². The number of anilines is 1. The van der Waals surface area contributed by atoms with Crippen LogP contribution in [0.1, 0.15) is 155 Å². The number of hydroxylamine groups is 1. The number of ether oxygens (including phenoxy) is 2. The Bertz CT molecular complexity index is 2460. The fourth-order valence-electron chi connectivity index (χ4n) is 7.61. The van der Waals surface area contributed by atoms with Crippen molar-refractivity contribution >= 4 is 59.4 Å². The van der Waals surface area contributed by atoms with Gasteiger partial charge in [0, 0.05) is 66.9 Å². The fourth-order valence-corrected chi connectivity index (χ4v) is 7.97. The van der Waals surface area contributed by atoms with Gasteiger partial charge in [-0.3, -0.25) is 24.0 Å². The molecule has 4 aromatic rings. The second kappa shape index (κ2) is 25.1. The summed E-state index contributed by atoms with van der Waals surface area (Å²) in [4.78, 5) is 70.0. The van der Waals surface area contributed by atoms with Crippen molar-refractivity contribution in [3.63, 3.8) is 0 Å². The molecule has 16 heteroatoms. The minimum Gasteiger partial charge on any atom is -0.491 e. The van der Waals surface area contributed by atoms with Gasteiger partial charge in [-0.05, 0) is 103 Å². The van der Waals surface area contributed by atoms with E-state index in [-0.39, 0.29) is 66.0 Å². The maximum atomic E-state index is 13.1.